The Morgan fingerprint density at radius 3 is 2.73 bits per heavy atom. The van der Waals surface area contributed by atoms with Gasteiger partial charge in [-0.1, -0.05) is 26.3 Å². The molecule has 0 heterocycles. The Hall–Kier alpha value is -0.300. The van der Waals surface area contributed by atoms with Crippen molar-refractivity contribution in [2.24, 2.45) is 5.92 Å². The van der Waals surface area contributed by atoms with E-state index in [0.29, 0.717) is 5.92 Å². The van der Waals surface area contributed by atoms with E-state index in [-0.39, 0.29) is 6.10 Å². The lowest BCUT2D eigenvalue weighted by atomic mass is 9.90. The van der Waals surface area contributed by atoms with Crippen molar-refractivity contribution in [1.82, 2.24) is 0 Å². The molecule has 1 aliphatic rings. The van der Waals surface area contributed by atoms with Crippen molar-refractivity contribution >= 4 is 0 Å². The van der Waals surface area contributed by atoms with E-state index in [9.17, 15) is 5.11 Å². The van der Waals surface area contributed by atoms with Gasteiger partial charge >= 0.3 is 0 Å². The quantitative estimate of drug-likeness (QED) is 0.575. The summed E-state index contributed by atoms with van der Waals surface area (Å²) in [4.78, 5) is 0. The van der Waals surface area contributed by atoms with Gasteiger partial charge in [0.05, 0.1) is 6.10 Å². The van der Waals surface area contributed by atoms with Crippen molar-refractivity contribution in [3.63, 3.8) is 0 Å². The maximum absolute atomic E-state index is 9.55. The van der Waals surface area contributed by atoms with Crippen molar-refractivity contribution in [3.8, 4) is 0 Å². The maximum Gasteiger partial charge on any atom is 0.0750 e. The predicted molar refractivity (Wildman–Crippen MR) is 47.4 cm³/mol. The molecule has 0 aliphatic heterocycles. The first-order valence-electron chi connectivity index (χ1n) is 4.59. The predicted octanol–water partition coefficient (Wildman–Crippen LogP) is 2.50. The summed E-state index contributed by atoms with van der Waals surface area (Å²) in [6.07, 6.45) is 6.61. The smallest absolute Gasteiger partial charge is 0.0750 e. The van der Waals surface area contributed by atoms with Gasteiger partial charge < -0.3 is 5.11 Å². The van der Waals surface area contributed by atoms with E-state index in [1.807, 2.05) is 0 Å². The third-order valence-electron chi connectivity index (χ3n) is 2.17. The van der Waals surface area contributed by atoms with Gasteiger partial charge in [-0.05, 0) is 30.8 Å². The molecule has 0 saturated heterocycles. The highest BCUT2D eigenvalue weighted by atomic mass is 16.3. The van der Waals surface area contributed by atoms with E-state index in [1.54, 1.807) is 0 Å². The average molecular weight is 154 g/mol. The van der Waals surface area contributed by atoms with Crippen LogP contribution >= 0.6 is 0 Å². The third-order valence-corrected chi connectivity index (χ3v) is 2.17. The number of allylic oxidation sites excluding steroid dienone is 1. The van der Waals surface area contributed by atoms with Crippen molar-refractivity contribution in [2.45, 2.75) is 45.6 Å². The molecular formula is C10H18O. The zero-order chi connectivity index (χ0) is 8.27. The van der Waals surface area contributed by atoms with Crippen molar-refractivity contribution in [1.29, 1.82) is 0 Å². The Labute approximate surface area is 69.1 Å². The second-order valence-electron chi connectivity index (χ2n) is 3.75. The standard InChI is InChI=1S/C10H18O/c1-8(2)7-9-5-3-4-6-10(9)11/h7-8,10-11H,3-6H2,1-2H3. The van der Waals surface area contributed by atoms with Gasteiger partial charge in [-0.15, -0.1) is 0 Å². The van der Waals surface area contributed by atoms with Gasteiger partial charge in [-0.2, -0.15) is 0 Å². The van der Waals surface area contributed by atoms with Crippen LogP contribution in [-0.2, 0) is 0 Å². The van der Waals surface area contributed by atoms with Crippen LogP contribution in [0.2, 0.25) is 0 Å². The molecule has 0 bridgehead atoms. The van der Waals surface area contributed by atoms with Crippen LogP contribution in [-0.4, -0.2) is 11.2 Å². The Morgan fingerprint density at radius 1 is 1.45 bits per heavy atom. The molecule has 0 aromatic rings. The number of rotatable bonds is 1. The minimum Gasteiger partial charge on any atom is -0.389 e. The van der Waals surface area contributed by atoms with E-state index in [0.717, 1.165) is 12.8 Å². The number of aliphatic hydroxyl groups is 1. The lowest BCUT2D eigenvalue weighted by Crippen LogP contribution is -2.15. The van der Waals surface area contributed by atoms with Crippen molar-refractivity contribution in [2.75, 3.05) is 0 Å². The van der Waals surface area contributed by atoms with Gasteiger partial charge in [-0.3, -0.25) is 0 Å². The molecule has 1 unspecified atom stereocenters. The van der Waals surface area contributed by atoms with Gasteiger partial charge in [-0.25, -0.2) is 0 Å². The minimum absolute atomic E-state index is 0.133. The summed E-state index contributed by atoms with van der Waals surface area (Å²) < 4.78 is 0. The van der Waals surface area contributed by atoms with Crippen LogP contribution in [0.5, 0.6) is 0 Å². The lowest BCUT2D eigenvalue weighted by molar-refractivity contribution is 0.177. The third kappa shape index (κ3) is 2.66. The molecule has 64 valence electrons. The SMILES string of the molecule is CC(C)C=C1CCCCC1O. The molecule has 0 amide bonds. The molecule has 1 N–H and O–H groups in total. The fourth-order valence-corrected chi connectivity index (χ4v) is 1.64. The highest BCUT2D eigenvalue weighted by Gasteiger charge is 2.15. The Morgan fingerprint density at radius 2 is 2.18 bits per heavy atom. The van der Waals surface area contributed by atoms with Gasteiger partial charge in [0.2, 0.25) is 0 Å². The Bertz CT molecular complexity index is 147. The molecule has 1 heteroatoms. The monoisotopic (exact) mass is 154 g/mol. The van der Waals surface area contributed by atoms with E-state index in [4.69, 9.17) is 0 Å². The summed E-state index contributed by atoms with van der Waals surface area (Å²) >= 11 is 0. The molecule has 0 spiro atoms. The van der Waals surface area contributed by atoms with Crippen molar-refractivity contribution < 1.29 is 5.11 Å². The normalized spacial score (nSPS) is 29.8. The van der Waals surface area contributed by atoms with Crippen LogP contribution in [0.4, 0.5) is 0 Å². The molecule has 1 aliphatic carbocycles. The van der Waals surface area contributed by atoms with Crippen LogP contribution in [0.25, 0.3) is 0 Å². The number of hydrogen-bond donors (Lipinski definition) is 1. The molecule has 1 atom stereocenters. The van der Waals surface area contributed by atoms with Crippen LogP contribution < -0.4 is 0 Å². The summed E-state index contributed by atoms with van der Waals surface area (Å²) in [5.74, 6) is 0.581. The van der Waals surface area contributed by atoms with E-state index in [2.05, 4.69) is 19.9 Å². The first kappa shape index (κ1) is 8.79. The fraction of sp³-hybridized carbons (Fsp3) is 0.800. The van der Waals surface area contributed by atoms with Gasteiger partial charge in [0.15, 0.2) is 0 Å². The second kappa shape index (κ2) is 3.91. The van der Waals surface area contributed by atoms with Gasteiger partial charge in [0.25, 0.3) is 0 Å². The van der Waals surface area contributed by atoms with E-state index in [1.165, 1.54) is 18.4 Å². The molecule has 0 radical (unpaired) electrons. The lowest BCUT2D eigenvalue weighted by Gasteiger charge is -2.21. The topological polar surface area (TPSA) is 20.2 Å². The summed E-state index contributed by atoms with van der Waals surface area (Å²) in [6.45, 7) is 4.32. The molecule has 1 nitrogen and oxygen atoms in total. The van der Waals surface area contributed by atoms with Gasteiger partial charge in [0.1, 0.15) is 0 Å². The minimum atomic E-state index is -0.133. The summed E-state index contributed by atoms with van der Waals surface area (Å²) in [5.41, 5.74) is 1.27. The summed E-state index contributed by atoms with van der Waals surface area (Å²) in [5, 5.41) is 9.55. The van der Waals surface area contributed by atoms with E-state index >= 15 is 0 Å². The molecule has 1 rings (SSSR count). The first-order valence-corrected chi connectivity index (χ1v) is 4.59. The van der Waals surface area contributed by atoms with Gasteiger partial charge in [0, 0.05) is 0 Å². The molecule has 11 heavy (non-hydrogen) atoms. The fourth-order valence-electron chi connectivity index (χ4n) is 1.64. The summed E-state index contributed by atoms with van der Waals surface area (Å²) in [6, 6.07) is 0. The molecule has 0 aromatic heterocycles. The Kier molecular flexibility index (Phi) is 3.13. The molecule has 0 aromatic carbocycles. The maximum atomic E-state index is 9.55. The first-order chi connectivity index (χ1) is 5.20. The zero-order valence-electron chi connectivity index (χ0n) is 7.51. The Balaban J connectivity index is 2.53. The summed E-state index contributed by atoms with van der Waals surface area (Å²) in [7, 11) is 0. The van der Waals surface area contributed by atoms with Crippen LogP contribution in [0, 0.1) is 5.92 Å². The molecular weight excluding hydrogens is 136 g/mol. The molecule has 1 fully saturated rings. The zero-order valence-corrected chi connectivity index (χ0v) is 7.51. The highest BCUT2D eigenvalue weighted by molar-refractivity contribution is 5.10. The van der Waals surface area contributed by atoms with Crippen LogP contribution in [0.15, 0.2) is 11.6 Å². The largest absolute Gasteiger partial charge is 0.389 e. The second-order valence-corrected chi connectivity index (χ2v) is 3.75. The number of hydrogen-bond acceptors (Lipinski definition) is 1. The average Bonchev–Trinajstić information content (AvgIpc) is 1.93. The highest BCUT2D eigenvalue weighted by Crippen LogP contribution is 2.24. The van der Waals surface area contributed by atoms with E-state index < -0.39 is 0 Å². The number of aliphatic hydroxyl groups excluding tert-OH is 1. The van der Waals surface area contributed by atoms with Crippen molar-refractivity contribution in [3.05, 3.63) is 11.6 Å². The van der Waals surface area contributed by atoms with Crippen LogP contribution in [0.3, 0.4) is 0 Å². The molecule has 1 saturated carbocycles. The van der Waals surface area contributed by atoms with Crippen LogP contribution in [0.1, 0.15) is 39.5 Å².